The highest BCUT2D eigenvalue weighted by Crippen LogP contribution is 2.06. The summed E-state index contributed by atoms with van der Waals surface area (Å²) in [6, 6.07) is -0.458. The number of ether oxygens (including phenoxy) is 1. The molecule has 0 heterocycles. The van der Waals surface area contributed by atoms with Gasteiger partial charge in [0.15, 0.2) is 0 Å². The van der Waals surface area contributed by atoms with Crippen LogP contribution in [0.3, 0.4) is 0 Å². The number of hydrogen-bond acceptors (Lipinski definition) is 6. The van der Waals surface area contributed by atoms with Crippen molar-refractivity contribution < 1.29 is 22.2 Å². The maximum Gasteiger partial charge on any atom is 0.333 e. The Morgan fingerprint density at radius 3 is 2.33 bits per heavy atom. The number of hydrogen-bond donors (Lipinski definition) is 1. The Morgan fingerprint density at radius 1 is 1.33 bits per heavy atom. The van der Waals surface area contributed by atoms with E-state index in [1.807, 2.05) is 0 Å². The van der Waals surface area contributed by atoms with Gasteiger partial charge in [0.05, 0.1) is 11.8 Å². The Balaban J connectivity index is 4.23. The van der Waals surface area contributed by atoms with Crippen LogP contribution in [0.1, 0.15) is 34.1 Å². The van der Waals surface area contributed by atoms with Crippen molar-refractivity contribution in [2.24, 2.45) is 0 Å². The van der Waals surface area contributed by atoms with Gasteiger partial charge in [-0.15, -0.1) is 0 Å². The summed E-state index contributed by atoms with van der Waals surface area (Å²) in [6.07, 6.45) is -0.0264. The summed E-state index contributed by atoms with van der Waals surface area (Å²) < 4.78 is 31.8. The number of carbonyl (C=O) groups excluding carboxylic acids is 1. The van der Waals surface area contributed by atoms with Crippen LogP contribution < -0.4 is 5.48 Å². The highest BCUT2D eigenvalue weighted by atomic mass is 32.2. The van der Waals surface area contributed by atoms with Gasteiger partial charge in [-0.2, -0.15) is 18.2 Å². The highest BCUT2D eigenvalue weighted by Gasteiger charge is 2.20. The number of hydroxylamine groups is 1. The molecule has 2 atom stereocenters. The van der Waals surface area contributed by atoms with E-state index in [4.69, 9.17) is 4.74 Å². The minimum atomic E-state index is -3.57. The monoisotopic (exact) mass is 279 g/mol. The van der Waals surface area contributed by atoms with Crippen LogP contribution in [0.4, 0.5) is 0 Å². The minimum Gasteiger partial charge on any atom is -0.458 e. The van der Waals surface area contributed by atoms with Crippen LogP contribution >= 0.6 is 0 Å². The standard InChI is InChI=1S/C11H21NO5S/c1-6-8(3)11(13)16-10(5)9(4)12-17-18(14,15)7-2/h9-10,12H,3,6-7H2,1-2,4-5H3. The lowest BCUT2D eigenvalue weighted by Crippen LogP contribution is -2.40. The fraction of sp³-hybridized carbons (Fsp3) is 0.727. The predicted molar refractivity (Wildman–Crippen MR) is 68.1 cm³/mol. The molecule has 2 unspecified atom stereocenters. The van der Waals surface area contributed by atoms with Gasteiger partial charge in [-0.1, -0.05) is 13.5 Å². The largest absolute Gasteiger partial charge is 0.458 e. The highest BCUT2D eigenvalue weighted by molar-refractivity contribution is 7.86. The zero-order chi connectivity index (χ0) is 14.3. The van der Waals surface area contributed by atoms with Crippen molar-refractivity contribution in [2.45, 2.75) is 46.3 Å². The fourth-order valence-corrected chi connectivity index (χ4v) is 1.22. The van der Waals surface area contributed by atoms with Crippen molar-refractivity contribution in [3.8, 4) is 0 Å². The van der Waals surface area contributed by atoms with Crippen LogP contribution in [0.25, 0.3) is 0 Å². The molecule has 0 radical (unpaired) electrons. The molecule has 0 fully saturated rings. The van der Waals surface area contributed by atoms with Crippen LogP contribution in [0.5, 0.6) is 0 Å². The minimum absolute atomic E-state index is 0.131. The van der Waals surface area contributed by atoms with E-state index in [0.717, 1.165) is 0 Å². The Kier molecular flexibility index (Phi) is 7.12. The van der Waals surface area contributed by atoms with Crippen molar-refractivity contribution in [2.75, 3.05) is 5.75 Å². The fourth-order valence-electron chi connectivity index (χ4n) is 0.803. The van der Waals surface area contributed by atoms with E-state index >= 15 is 0 Å². The first-order valence-electron chi connectivity index (χ1n) is 5.78. The Hall–Kier alpha value is -0.920. The maximum atomic E-state index is 11.4. The second-order valence-electron chi connectivity index (χ2n) is 3.90. The first-order chi connectivity index (χ1) is 8.23. The van der Waals surface area contributed by atoms with Gasteiger partial charge in [-0.3, -0.25) is 0 Å². The van der Waals surface area contributed by atoms with Crippen molar-refractivity contribution in [3.05, 3.63) is 12.2 Å². The molecule has 6 nitrogen and oxygen atoms in total. The summed E-state index contributed by atoms with van der Waals surface area (Å²) in [6.45, 7) is 10.1. The quantitative estimate of drug-likeness (QED) is 0.408. The first-order valence-corrected chi connectivity index (χ1v) is 7.36. The van der Waals surface area contributed by atoms with Gasteiger partial charge in [0.2, 0.25) is 0 Å². The van der Waals surface area contributed by atoms with Crippen LogP contribution in [0.15, 0.2) is 12.2 Å². The lowest BCUT2D eigenvalue weighted by Gasteiger charge is -2.21. The Morgan fingerprint density at radius 2 is 1.89 bits per heavy atom. The molecule has 0 bridgehead atoms. The van der Waals surface area contributed by atoms with Crippen LogP contribution in [0, 0.1) is 0 Å². The second-order valence-corrected chi connectivity index (χ2v) is 5.76. The normalized spacial score (nSPS) is 14.9. The molecule has 0 rings (SSSR count). The van der Waals surface area contributed by atoms with E-state index in [0.29, 0.717) is 12.0 Å². The van der Waals surface area contributed by atoms with Crippen LogP contribution in [-0.2, 0) is 23.9 Å². The van der Waals surface area contributed by atoms with Gasteiger partial charge in [0.25, 0.3) is 10.1 Å². The van der Waals surface area contributed by atoms with Crippen LogP contribution in [-0.4, -0.2) is 32.3 Å². The van der Waals surface area contributed by atoms with Crippen molar-refractivity contribution >= 4 is 16.1 Å². The van der Waals surface area contributed by atoms with Crippen molar-refractivity contribution in [3.63, 3.8) is 0 Å². The molecule has 0 aromatic heterocycles. The van der Waals surface area contributed by atoms with Crippen molar-refractivity contribution in [1.82, 2.24) is 5.48 Å². The molecule has 0 amide bonds. The Bertz CT molecular complexity index is 390. The Labute approximate surface area is 108 Å². The van der Waals surface area contributed by atoms with Gasteiger partial charge in [0.1, 0.15) is 6.10 Å². The van der Waals surface area contributed by atoms with Gasteiger partial charge in [-0.05, 0) is 27.2 Å². The SMILES string of the molecule is C=C(CC)C(=O)OC(C)C(C)NOS(=O)(=O)CC. The number of esters is 1. The van der Waals surface area contributed by atoms with E-state index in [1.165, 1.54) is 6.92 Å². The third-order valence-electron chi connectivity index (χ3n) is 2.43. The molecule has 1 N–H and O–H groups in total. The smallest absolute Gasteiger partial charge is 0.333 e. The number of rotatable bonds is 8. The summed E-state index contributed by atoms with van der Waals surface area (Å²) in [7, 11) is -3.57. The molecule has 0 saturated heterocycles. The predicted octanol–water partition coefficient (Wildman–Crippen LogP) is 1.14. The van der Waals surface area contributed by atoms with E-state index in [-0.39, 0.29) is 5.75 Å². The number of carbonyl (C=O) groups is 1. The number of nitrogens with one attached hydrogen (secondary N) is 1. The molecular formula is C11H21NO5S. The summed E-state index contributed by atoms with van der Waals surface area (Å²) in [5.74, 6) is -0.620. The van der Waals surface area contributed by atoms with Gasteiger partial charge in [-0.25, -0.2) is 4.79 Å². The molecule has 0 aliphatic carbocycles. The summed E-state index contributed by atoms with van der Waals surface area (Å²) >= 11 is 0. The molecule has 0 aliphatic heterocycles. The summed E-state index contributed by atoms with van der Waals surface area (Å²) in [4.78, 5) is 11.4. The summed E-state index contributed by atoms with van der Waals surface area (Å²) in [5.41, 5.74) is 2.71. The molecule has 0 aliphatic rings. The third kappa shape index (κ3) is 6.13. The molecule has 7 heteroatoms. The summed E-state index contributed by atoms with van der Waals surface area (Å²) in [5, 5.41) is 0. The van der Waals surface area contributed by atoms with E-state index in [1.54, 1.807) is 20.8 Å². The first kappa shape index (κ1) is 17.1. The average molecular weight is 279 g/mol. The molecule has 0 aromatic carbocycles. The van der Waals surface area contributed by atoms with Crippen LogP contribution in [0.2, 0.25) is 0 Å². The van der Waals surface area contributed by atoms with E-state index < -0.39 is 28.2 Å². The molecule has 0 saturated carbocycles. The van der Waals surface area contributed by atoms with E-state index in [9.17, 15) is 13.2 Å². The molecule has 106 valence electrons. The average Bonchev–Trinajstić information content (AvgIpc) is 2.34. The van der Waals surface area contributed by atoms with Gasteiger partial charge >= 0.3 is 5.97 Å². The zero-order valence-electron chi connectivity index (χ0n) is 11.2. The van der Waals surface area contributed by atoms with Gasteiger partial charge < -0.3 is 4.74 Å². The topological polar surface area (TPSA) is 81.7 Å². The van der Waals surface area contributed by atoms with E-state index in [2.05, 4.69) is 16.3 Å². The third-order valence-corrected chi connectivity index (χ3v) is 3.48. The molecule has 18 heavy (non-hydrogen) atoms. The molecule has 0 spiro atoms. The molecular weight excluding hydrogens is 258 g/mol. The maximum absolute atomic E-state index is 11.4. The lowest BCUT2D eigenvalue weighted by molar-refractivity contribution is -0.145. The second kappa shape index (κ2) is 7.50. The van der Waals surface area contributed by atoms with Crippen molar-refractivity contribution in [1.29, 1.82) is 0 Å². The van der Waals surface area contributed by atoms with Gasteiger partial charge in [0, 0.05) is 5.57 Å². The lowest BCUT2D eigenvalue weighted by atomic mass is 10.2. The molecule has 0 aromatic rings. The zero-order valence-corrected chi connectivity index (χ0v) is 12.0.